The van der Waals surface area contributed by atoms with E-state index in [2.05, 4.69) is 20.8 Å². The number of benzene rings is 1. The van der Waals surface area contributed by atoms with Crippen LogP contribution in [0, 0.1) is 17.8 Å². The van der Waals surface area contributed by atoms with Gasteiger partial charge in [-0.2, -0.15) is 0 Å². The third kappa shape index (κ3) is 4.10. The SMILES string of the molecule is CC1CCC(C(C)C)C(Oc2cc(Cl)ccc2C(N)=S)C1. The van der Waals surface area contributed by atoms with Crippen LogP contribution in [-0.2, 0) is 0 Å². The molecule has 0 aliphatic heterocycles. The predicted octanol–water partition coefficient (Wildman–Crippen LogP) is 4.81. The summed E-state index contributed by atoms with van der Waals surface area (Å²) >= 11 is 11.2. The van der Waals surface area contributed by atoms with E-state index in [1.807, 2.05) is 12.1 Å². The Morgan fingerprint density at radius 3 is 2.71 bits per heavy atom. The number of hydrogen-bond acceptors (Lipinski definition) is 2. The van der Waals surface area contributed by atoms with Gasteiger partial charge in [-0.15, -0.1) is 0 Å². The molecule has 2 rings (SSSR count). The van der Waals surface area contributed by atoms with Crippen LogP contribution < -0.4 is 10.5 Å². The van der Waals surface area contributed by atoms with Gasteiger partial charge in [-0.3, -0.25) is 0 Å². The van der Waals surface area contributed by atoms with Crippen molar-refractivity contribution in [3.05, 3.63) is 28.8 Å². The van der Waals surface area contributed by atoms with Gasteiger partial charge in [0.2, 0.25) is 0 Å². The molecule has 1 aromatic carbocycles. The number of thiocarbonyl (C=S) groups is 1. The Hall–Kier alpha value is -0.800. The minimum atomic E-state index is 0.209. The molecule has 4 heteroatoms. The Balaban J connectivity index is 2.26. The lowest BCUT2D eigenvalue weighted by atomic mass is 9.75. The molecule has 1 aliphatic carbocycles. The molecule has 0 spiro atoms. The van der Waals surface area contributed by atoms with Gasteiger partial charge in [0.05, 0.1) is 5.56 Å². The minimum absolute atomic E-state index is 0.209. The van der Waals surface area contributed by atoms with Crippen LogP contribution in [0.25, 0.3) is 0 Å². The molecule has 1 fully saturated rings. The first-order valence-corrected chi connectivity index (χ1v) is 8.43. The number of halogens is 1. The Morgan fingerprint density at radius 2 is 2.10 bits per heavy atom. The highest BCUT2D eigenvalue weighted by molar-refractivity contribution is 7.80. The van der Waals surface area contributed by atoms with Crippen molar-refractivity contribution in [2.45, 2.75) is 46.1 Å². The zero-order valence-corrected chi connectivity index (χ0v) is 14.5. The van der Waals surface area contributed by atoms with E-state index in [9.17, 15) is 0 Å². The van der Waals surface area contributed by atoms with Crippen molar-refractivity contribution in [3.63, 3.8) is 0 Å². The molecule has 3 atom stereocenters. The summed E-state index contributed by atoms with van der Waals surface area (Å²) < 4.78 is 6.32. The van der Waals surface area contributed by atoms with Gasteiger partial charge in [-0.1, -0.05) is 51.0 Å². The van der Waals surface area contributed by atoms with Gasteiger partial charge in [0.1, 0.15) is 16.8 Å². The Kier molecular flexibility index (Phi) is 5.50. The fraction of sp³-hybridized carbons (Fsp3) is 0.588. The first kappa shape index (κ1) is 16.6. The summed E-state index contributed by atoms with van der Waals surface area (Å²) in [6.07, 6.45) is 3.78. The third-order valence-corrected chi connectivity index (χ3v) is 4.90. The lowest BCUT2D eigenvalue weighted by molar-refractivity contribution is 0.0459. The zero-order chi connectivity index (χ0) is 15.6. The van der Waals surface area contributed by atoms with Gasteiger partial charge in [0.25, 0.3) is 0 Å². The van der Waals surface area contributed by atoms with Crippen LogP contribution in [-0.4, -0.2) is 11.1 Å². The molecular formula is C17H24ClNOS. The maximum Gasteiger partial charge on any atom is 0.131 e. The second-order valence-electron chi connectivity index (χ2n) is 6.49. The molecule has 1 aliphatic rings. The molecule has 1 aromatic rings. The van der Waals surface area contributed by atoms with Crippen LogP contribution in [0.4, 0.5) is 0 Å². The third-order valence-electron chi connectivity index (χ3n) is 4.45. The van der Waals surface area contributed by atoms with E-state index in [1.165, 1.54) is 12.8 Å². The lowest BCUT2D eigenvalue weighted by Gasteiger charge is -2.37. The summed E-state index contributed by atoms with van der Waals surface area (Å²) in [5.41, 5.74) is 6.57. The summed E-state index contributed by atoms with van der Waals surface area (Å²) in [7, 11) is 0. The monoisotopic (exact) mass is 325 g/mol. The van der Waals surface area contributed by atoms with E-state index in [-0.39, 0.29) is 6.10 Å². The van der Waals surface area contributed by atoms with E-state index in [0.29, 0.717) is 27.8 Å². The number of nitrogens with two attached hydrogens (primary N) is 1. The maximum atomic E-state index is 6.32. The molecule has 0 bridgehead atoms. The minimum Gasteiger partial charge on any atom is -0.489 e. The lowest BCUT2D eigenvalue weighted by Crippen LogP contribution is -2.36. The number of hydrogen-bond donors (Lipinski definition) is 1. The molecule has 116 valence electrons. The highest BCUT2D eigenvalue weighted by Crippen LogP contribution is 2.37. The summed E-state index contributed by atoms with van der Waals surface area (Å²) in [6.45, 7) is 6.83. The highest BCUT2D eigenvalue weighted by Gasteiger charge is 2.32. The Labute approximate surface area is 138 Å². The first-order valence-electron chi connectivity index (χ1n) is 7.64. The summed E-state index contributed by atoms with van der Waals surface area (Å²) in [5.74, 6) is 2.59. The van der Waals surface area contributed by atoms with Crippen molar-refractivity contribution in [1.29, 1.82) is 0 Å². The number of ether oxygens (including phenoxy) is 1. The van der Waals surface area contributed by atoms with Crippen molar-refractivity contribution < 1.29 is 4.74 Å². The van der Waals surface area contributed by atoms with Gasteiger partial charge in [-0.05, 0) is 48.8 Å². The average molecular weight is 326 g/mol. The van der Waals surface area contributed by atoms with Gasteiger partial charge in [0, 0.05) is 5.02 Å². The van der Waals surface area contributed by atoms with E-state index in [1.54, 1.807) is 6.07 Å². The van der Waals surface area contributed by atoms with Crippen LogP contribution >= 0.6 is 23.8 Å². The quantitative estimate of drug-likeness (QED) is 0.806. The van der Waals surface area contributed by atoms with Crippen LogP contribution in [0.2, 0.25) is 5.02 Å². The molecule has 21 heavy (non-hydrogen) atoms. The van der Waals surface area contributed by atoms with Crippen LogP contribution in [0.1, 0.15) is 45.6 Å². The van der Waals surface area contributed by atoms with Gasteiger partial charge in [-0.25, -0.2) is 0 Å². The number of rotatable bonds is 4. The second kappa shape index (κ2) is 6.97. The second-order valence-corrected chi connectivity index (χ2v) is 7.36. The summed E-state index contributed by atoms with van der Waals surface area (Å²) in [4.78, 5) is 0.353. The highest BCUT2D eigenvalue weighted by atomic mass is 35.5. The van der Waals surface area contributed by atoms with Crippen molar-refractivity contribution in [2.75, 3.05) is 0 Å². The smallest absolute Gasteiger partial charge is 0.131 e. The first-order chi connectivity index (χ1) is 9.88. The fourth-order valence-electron chi connectivity index (χ4n) is 3.21. The average Bonchev–Trinajstić information content (AvgIpc) is 2.38. The zero-order valence-electron chi connectivity index (χ0n) is 12.9. The Bertz CT molecular complexity index is 518. The van der Waals surface area contributed by atoms with Crippen molar-refractivity contribution in [1.82, 2.24) is 0 Å². The molecule has 1 saturated carbocycles. The molecule has 2 nitrogen and oxygen atoms in total. The summed E-state index contributed by atoms with van der Waals surface area (Å²) in [6, 6.07) is 5.47. The summed E-state index contributed by atoms with van der Waals surface area (Å²) in [5, 5.41) is 0.648. The van der Waals surface area contributed by atoms with Crippen molar-refractivity contribution >= 4 is 28.8 Å². The molecule has 0 aromatic heterocycles. The normalized spacial score (nSPS) is 25.9. The maximum absolute atomic E-state index is 6.32. The van der Waals surface area contributed by atoms with E-state index >= 15 is 0 Å². The molecule has 0 amide bonds. The van der Waals surface area contributed by atoms with Crippen LogP contribution in [0.15, 0.2) is 18.2 Å². The standard InChI is InChI=1S/C17H24ClNOS/c1-10(2)13-6-4-11(3)8-15(13)20-16-9-12(18)5-7-14(16)17(19)21/h5,7,9-11,13,15H,4,6,8H2,1-3H3,(H2,19,21). The van der Waals surface area contributed by atoms with Gasteiger partial charge >= 0.3 is 0 Å². The fourth-order valence-corrected chi connectivity index (χ4v) is 3.54. The van der Waals surface area contributed by atoms with Gasteiger partial charge < -0.3 is 10.5 Å². The molecule has 0 radical (unpaired) electrons. The Morgan fingerprint density at radius 1 is 1.38 bits per heavy atom. The topological polar surface area (TPSA) is 35.2 Å². The molecule has 0 saturated heterocycles. The molecular weight excluding hydrogens is 302 g/mol. The van der Waals surface area contributed by atoms with E-state index in [4.69, 9.17) is 34.3 Å². The van der Waals surface area contributed by atoms with Crippen LogP contribution in [0.5, 0.6) is 5.75 Å². The van der Waals surface area contributed by atoms with E-state index in [0.717, 1.165) is 17.7 Å². The van der Waals surface area contributed by atoms with Crippen LogP contribution in [0.3, 0.4) is 0 Å². The van der Waals surface area contributed by atoms with E-state index < -0.39 is 0 Å². The molecule has 3 unspecified atom stereocenters. The van der Waals surface area contributed by atoms with Gasteiger partial charge in [0.15, 0.2) is 0 Å². The van der Waals surface area contributed by atoms with Crippen molar-refractivity contribution in [3.8, 4) is 5.75 Å². The van der Waals surface area contributed by atoms with Crippen molar-refractivity contribution in [2.24, 2.45) is 23.5 Å². The predicted molar refractivity (Wildman–Crippen MR) is 93.1 cm³/mol. The molecule has 2 N–H and O–H groups in total. The largest absolute Gasteiger partial charge is 0.489 e. The molecule has 0 heterocycles.